The standard InChI is InChI=1S/C11H12N6O3S2/c1-20-7-6-8(15-4-14-7)21-11(17(6)10(13)19)22-3-2-16(5-22)9(12)18/h2-5,11H,1H3,(H2,12,18)(H2,13,19). The SMILES string of the molecule is COc1ncnc2c1N(C(N)=O)C(S1=CN(C(N)=O)C=C1)S2. The molecule has 4 amide bonds. The van der Waals surface area contributed by atoms with Crippen LogP contribution in [-0.4, -0.2) is 44.2 Å². The Morgan fingerprint density at radius 2 is 2.14 bits per heavy atom. The van der Waals surface area contributed by atoms with Crippen molar-refractivity contribution in [2.75, 3.05) is 12.0 Å². The Bertz CT molecular complexity index is 722. The molecule has 1 aromatic heterocycles. The van der Waals surface area contributed by atoms with Crippen LogP contribution in [0.3, 0.4) is 0 Å². The molecule has 3 heterocycles. The zero-order chi connectivity index (χ0) is 15.9. The van der Waals surface area contributed by atoms with E-state index < -0.39 is 22.5 Å². The zero-order valence-electron chi connectivity index (χ0n) is 11.4. The van der Waals surface area contributed by atoms with Crippen LogP contribution < -0.4 is 21.1 Å². The minimum absolute atomic E-state index is 0.275. The summed E-state index contributed by atoms with van der Waals surface area (Å²) in [7, 11) is 0.901. The molecular weight excluding hydrogens is 328 g/mol. The number of anilines is 1. The van der Waals surface area contributed by atoms with Gasteiger partial charge in [0.15, 0.2) is 0 Å². The number of urea groups is 2. The van der Waals surface area contributed by atoms with Crippen LogP contribution in [-0.2, 0) is 0 Å². The Balaban J connectivity index is 2.02. The van der Waals surface area contributed by atoms with E-state index in [1.165, 1.54) is 35.0 Å². The lowest BCUT2D eigenvalue weighted by Crippen LogP contribution is -2.39. The molecule has 11 heteroatoms. The number of nitrogens with zero attached hydrogens (tertiary/aromatic N) is 4. The highest BCUT2D eigenvalue weighted by atomic mass is 32.2. The number of carbonyl (C=O) groups is 2. The quantitative estimate of drug-likeness (QED) is 0.601. The van der Waals surface area contributed by atoms with E-state index in [-0.39, 0.29) is 10.6 Å². The minimum Gasteiger partial charge on any atom is -0.479 e. The molecule has 1 aromatic rings. The van der Waals surface area contributed by atoms with Gasteiger partial charge in [0, 0.05) is 11.7 Å². The first-order chi connectivity index (χ1) is 10.5. The van der Waals surface area contributed by atoms with Gasteiger partial charge in [0.2, 0.25) is 5.88 Å². The molecule has 116 valence electrons. The second-order valence-electron chi connectivity index (χ2n) is 4.21. The molecule has 0 bridgehead atoms. The van der Waals surface area contributed by atoms with Crippen molar-refractivity contribution in [2.45, 2.75) is 9.73 Å². The van der Waals surface area contributed by atoms with Crippen molar-refractivity contribution in [2.24, 2.45) is 11.5 Å². The first-order valence-corrected chi connectivity index (χ1v) is 8.28. The van der Waals surface area contributed by atoms with Crippen molar-refractivity contribution in [3.05, 3.63) is 17.9 Å². The minimum atomic E-state index is -0.642. The summed E-state index contributed by atoms with van der Waals surface area (Å²) in [5.74, 6) is 0.275. The largest absolute Gasteiger partial charge is 0.479 e. The molecule has 0 fully saturated rings. The molecule has 0 spiro atoms. The van der Waals surface area contributed by atoms with Crippen LogP contribution in [0.5, 0.6) is 5.88 Å². The molecule has 0 aromatic carbocycles. The Labute approximate surface area is 132 Å². The summed E-state index contributed by atoms with van der Waals surface area (Å²) in [4.78, 5) is 33.9. The van der Waals surface area contributed by atoms with Gasteiger partial charge in [-0.05, 0) is 5.41 Å². The average Bonchev–Trinajstić information content (AvgIpc) is 3.10. The van der Waals surface area contributed by atoms with Gasteiger partial charge in [-0.25, -0.2) is 14.6 Å². The maximum Gasteiger partial charge on any atom is 0.323 e. The topological polar surface area (TPSA) is 128 Å². The van der Waals surface area contributed by atoms with Crippen molar-refractivity contribution < 1.29 is 14.3 Å². The zero-order valence-corrected chi connectivity index (χ0v) is 13.0. The predicted molar refractivity (Wildman–Crippen MR) is 84.5 cm³/mol. The van der Waals surface area contributed by atoms with Crippen LogP contribution in [0.4, 0.5) is 15.3 Å². The lowest BCUT2D eigenvalue weighted by atomic mass is 10.4. The van der Waals surface area contributed by atoms with E-state index in [1.807, 2.05) is 0 Å². The molecule has 2 aliphatic heterocycles. The Morgan fingerprint density at radius 3 is 2.73 bits per heavy atom. The number of hydrogen-bond donors (Lipinski definition) is 2. The van der Waals surface area contributed by atoms with Crippen LogP contribution in [0, 0.1) is 0 Å². The highest BCUT2D eigenvalue weighted by molar-refractivity contribution is 8.28. The number of fused-ring (bicyclic) bond motifs is 1. The maximum atomic E-state index is 11.9. The molecule has 2 aliphatic rings. The van der Waals surface area contributed by atoms with Crippen LogP contribution in [0.15, 0.2) is 23.0 Å². The number of primary amides is 2. The highest BCUT2D eigenvalue weighted by Crippen LogP contribution is 2.52. The van der Waals surface area contributed by atoms with E-state index in [4.69, 9.17) is 16.2 Å². The monoisotopic (exact) mass is 340 g/mol. The van der Waals surface area contributed by atoms with Gasteiger partial charge in [0.25, 0.3) is 0 Å². The molecule has 22 heavy (non-hydrogen) atoms. The van der Waals surface area contributed by atoms with Crippen molar-refractivity contribution in [1.82, 2.24) is 14.9 Å². The second kappa shape index (κ2) is 5.50. The number of thioether (sulfide) groups is 1. The molecule has 0 saturated carbocycles. The smallest absolute Gasteiger partial charge is 0.323 e. The molecule has 9 nitrogen and oxygen atoms in total. The highest BCUT2D eigenvalue weighted by Gasteiger charge is 2.40. The van der Waals surface area contributed by atoms with Crippen LogP contribution in [0.25, 0.3) is 0 Å². The summed E-state index contributed by atoms with van der Waals surface area (Å²) >= 11 is 1.36. The van der Waals surface area contributed by atoms with Crippen molar-refractivity contribution >= 4 is 45.5 Å². The van der Waals surface area contributed by atoms with Gasteiger partial charge in [-0.15, -0.1) is 10.5 Å². The fraction of sp³-hybridized carbons (Fsp3) is 0.182. The van der Waals surface area contributed by atoms with E-state index in [2.05, 4.69) is 9.97 Å². The summed E-state index contributed by atoms with van der Waals surface area (Å²) in [6, 6.07) is -1.23. The van der Waals surface area contributed by atoms with Crippen molar-refractivity contribution in [3.63, 3.8) is 0 Å². The van der Waals surface area contributed by atoms with Gasteiger partial charge in [0.05, 0.1) is 7.11 Å². The molecule has 0 radical (unpaired) electrons. The van der Waals surface area contributed by atoms with E-state index in [1.54, 1.807) is 17.1 Å². The molecule has 3 rings (SSSR count). The van der Waals surface area contributed by atoms with Crippen LogP contribution in [0.2, 0.25) is 0 Å². The van der Waals surface area contributed by atoms with Gasteiger partial charge < -0.3 is 16.2 Å². The Hall–Kier alpha value is -2.27. The molecule has 2 atom stereocenters. The number of hydrogen-bond acceptors (Lipinski definition) is 6. The number of methoxy groups -OCH3 is 1. The summed E-state index contributed by atoms with van der Waals surface area (Å²) in [6.45, 7) is 0. The summed E-state index contributed by atoms with van der Waals surface area (Å²) in [5.41, 5.74) is 12.8. The van der Waals surface area contributed by atoms with Gasteiger partial charge >= 0.3 is 12.1 Å². The van der Waals surface area contributed by atoms with Crippen molar-refractivity contribution in [1.29, 1.82) is 0 Å². The fourth-order valence-corrected chi connectivity index (χ4v) is 5.46. The van der Waals surface area contributed by atoms with E-state index in [0.29, 0.717) is 10.7 Å². The average molecular weight is 340 g/mol. The second-order valence-corrected chi connectivity index (χ2v) is 7.33. The van der Waals surface area contributed by atoms with Crippen molar-refractivity contribution in [3.8, 4) is 5.88 Å². The maximum absolute atomic E-state index is 11.9. The first kappa shape index (κ1) is 14.7. The third-order valence-corrected chi connectivity index (χ3v) is 6.42. The van der Waals surface area contributed by atoms with Crippen LogP contribution in [0.1, 0.15) is 0 Å². The number of ether oxygens (including phenoxy) is 1. The number of aromatic nitrogens is 2. The van der Waals surface area contributed by atoms with Crippen LogP contribution >= 0.6 is 22.2 Å². The number of amides is 4. The predicted octanol–water partition coefficient (Wildman–Crippen LogP) is 0.654. The lowest BCUT2D eigenvalue weighted by molar-refractivity contribution is 0.240. The molecule has 0 aliphatic carbocycles. The number of carbonyl (C=O) groups excluding carboxylic acids is 2. The Kier molecular flexibility index (Phi) is 3.66. The third-order valence-electron chi connectivity index (χ3n) is 2.95. The van der Waals surface area contributed by atoms with Gasteiger partial charge in [-0.2, -0.15) is 4.98 Å². The fourth-order valence-electron chi connectivity index (χ4n) is 2.02. The van der Waals surface area contributed by atoms with Gasteiger partial charge in [0.1, 0.15) is 21.7 Å². The normalized spacial score (nSPS) is 22.4. The summed E-state index contributed by atoms with van der Waals surface area (Å²) < 4.78 is 4.82. The number of nitrogens with two attached hydrogens (primary N) is 2. The van der Waals surface area contributed by atoms with E-state index in [9.17, 15) is 9.59 Å². The first-order valence-electron chi connectivity index (χ1n) is 5.99. The molecule has 0 saturated heterocycles. The van der Waals surface area contributed by atoms with Gasteiger partial charge in [-0.3, -0.25) is 9.80 Å². The molecule has 2 unspecified atom stereocenters. The Morgan fingerprint density at radius 1 is 1.36 bits per heavy atom. The molecule has 4 N–H and O–H groups in total. The number of rotatable bonds is 2. The third kappa shape index (κ3) is 2.27. The van der Waals surface area contributed by atoms with E-state index >= 15 is 0 Å². The summed E-state index contributed by atoms with van der Waals surface area (Å²) in [5, 5.41) is 2.40. The summed E-state index contributed by atoms with van der Waals surface area (Å²) in [6.07, 6.45) is 2.93. The lowest BCUT2D eigenvalue weighted by Gasteiger charge is -2.23. The van der Waals surface area contributed by atoms with Gasteiger partial charge in [-0.1, -0.05) is 11.8 Å². The molecular formula is C11H12N6O3S2. The van der Waals surface area contributed by atoms with E-state index in [0.717, 1.165) is 0 Å².